The number of benzene rings is 1. The van der Waals surface area contributed by atoms with Gasteiger partial charge in [0, 0.05) is 18.1 Å². The van der Waals surface area contributed by atoms with Crippen LogP contribution in [0.3, 0.4) is 0 Å². The lowest BCUT2D eigenvalue weighted by molar-refractivity contribution is 0.362. The molecule has 1 aliphatic carbocycles. The average molecular weight is 325 g/mol. The van der Waals surface area contributed by atoms with Gasteiger partial charge in [0.2, 0.25) is 0 Å². The molecule has 1 aliphatic rings. The first-order valence-corrected chi connectivity index (χ1v) is 8.19. The Kier molecular flexibility index (Phi) is 5.71. The smallest absolute Gasteiger partial charge is 0.0508 e. The first kappa shape index (κ1) is 14.9. The molecule has 2 N–H and O–H groups in total. The zero-order chi connectivity index (χ0) is 13.7. The summed E-state index contributed by atoms with van der Waals surface area (Å²) in [6.07, 6.45) is 7.99. The molecule has 1 fully saturated rings. The van der Waals surface area contributed by atoms with E-state index in [4.69, 9.17) is 5.73 Å². The van der Waals surface area contributed by atoms with Gasteiger partial charge in [0.15, 0.2) is 0 Å². The minimum atomic E-state index is 0.712. The van der Waals surface area contributed by atoms with Crippen molar-refractivity contribution < 1.29 is 0 Å². The van der Waals surface area contributed by atoms with Crippen LogP contribution in [0.1, 0.15) is 37.7 Å². The van der Waals surface area contributed by atoms with Gasteiger partial charge in [-0.2, -0.15) is 0 Å². The maximum atomic E-state index is 5.61. The van der Waals surface area contributed by atoms with Gasteiger partial charge in [-0.1, -0.05) is 25.3 Å². The van der Waals surface area contributed by atoms with E-state index in [0.717, 1.165) is 12.3 Å². The first-order chi connectivity index (χ1) is 9.20. The van der Waals surface area contributed by atoms with Crippen molar-refractivity contribution in [1.82, 2.24) is 0 Å². The van der Waals surface area contributed by atoms with Crippen LogP contribution in [0.5, 0.6) is 0 Å². The highest BCUT2D eigenvalue weighted by molar-refractivity contribution is 9.10. The Bertz CT molecular complexity index is 400. The Labute approximate surface area is 125 Å². The Morgan fingerprint density at radius 2 is 2.00 bits per heavy atom. The van der Waals surface area contributed by atoms with Gasteiger partial charge in [0.25, 0.3) is 0 Å². The molecule has 0 spiro atoms. The summed E-state index contributed by atoms with van der Waals surface area (Å²) >= 11 is 3.70. The predicted molar refractivity (Wildman–Crippen MR) is 86.7 cm³/mol. The second kappa shape index (κ2) is 7.30. The van der Waals surface area contributed by atoms with E-state index in [1.165, 1.54) is 54.4 Å². The normalized spacial score (nSPS) is 16.6. The third kappa shape index (κ3) is 4.22. The summed E-state index contributed by atoms with van der Waals surface area (Å²) in [6, 6.07) is 6.63. The number of hydrogen-bond acceptors (Lipinski definition) is 2. The summed E-state index contributed by atoms with van der Waals surface area (Å²) in [5.74, 6) is 0.870. The molecule has 2 rings (SSSR count). The summed E-state index contributed by atoms with van der Waals surface area (Å²) < 4.78 is 1.19. The van der Waals surface area contributed by atoms with E-state index in [9.17, 15) is 0 Å². The fourth-order valence-electron chi connectivity index (χ4n) is 3.04. The number of halogens is 1. The van der Waals surface area contributed by atoms with Crippen molar-refractivity contribution in [2.24, 2.45) is 11.7 Å². The van der Waals surface area contributed by atoms with Crippen molar-refractivity contribution in [1.29, 1.82) is 0 Å². The zero-order valence-corrected chi connectivity index (χ0v) is 13.5. The molecule has 0 radical (unpaired) electrons. The van der Waals surface area contributed by atoms with Crippen LogP contribution in [0.4, 0.5) is 5.69 Å². The lowest BCUT2D eigenvalue weighted by Gasteiger charge is -2.29. The molecular weight excluding hydrogens is 300 g/mol. The molecule has 19 heavy (non-hydrogen) atoms. The molecule has 0 heterocycles. The standard InChI is InChI=1S/C16H25BrN2/c1-19(12-14-5-3-2-4-6-14)16-8-7-13(9-10-18)11-15(16)17/h7-8,11,14H,2-6,9-10,12,18H2,1H3. The molecule has 1 aromatic rings. The molecule has 3 heteroatoms. The largest absolute Gasteiger partial charge is 0.373 e. The predicted octanol–water partition coefficient (Wildman–Crippen LogP) is 3.97. The zero-order valence-electron chi connectivity index (χ0n) is 11.9. The summed E-state index contributed by atoms with van der Waals surface area (Å²) in [6.45, 7) is 1.89. The van der Waals surface area contributed by atoms with Gasteiger partial charge < -0.3 is 10.6 Å². The molecule has 2 nitrogen and oxygen atoms in total. The van der Waals surface area contributed by atoms with E-state index in [1.54, 1.807) is 0 Å². The Balaban J connectivity index is 1.99. The minimum absolute atomic E-state index is 0.712. The van der Waals surface area contributed by atoms with Gasteiger partial charge >= 0.3 is 0 Å². The number of anilines is 1. The van der Waals surface area contributed by atoms with Crippen molar-refractivity contribution in [3.05, 3.63) is 28.2 Å². The van der Waals surface area contributed by atoms with Gasteiger partial charge in [0.1, 0.15) is 0 Å². The fraction of sp³-hybridized carbons (Fsp3) is 0.625. The van der Waals surface area contributed by atoms with Gasteiger partial charge in [-0.25, -0.2) is 0 Å². The molecule has 0 aromatic heterocycles. The topological polar surface area (TPSA) is 29.3 Å². The first-order valence-electron chi connectivity index (χ1n) is 7.40. The summed E-state index contributed by atoms with van der Waals surface area (Å²) in [5, 5.41) is 0. The van der Waals surface area contributed by atoms with Crippen LogP contribution >= 0.6 is 15.9 Å². The molecule has 1 aromatic carbocycles. The minimum Gasteiger partial charge on any atom is -0.373 e. The Hall–Kier alpha value is -0.540. The maximum Gasteiger partial charge on any atom is 0.0508 e. The number of hydrogen-bond donors (Lipinski definition) is 1. The van der Waals surface area contributed by atoms with Crippen LogP contribution < -0.4 is 10.6 Å². The van der Waals surface area contributed by atoms with Crippen molar-refractivity contribution >= 4 is 21.6 Å². The highest BCUT2D eigenvalue weighted by Crippen LogP contribution is 2.30. The molecule has 0 unspecified atom stereocenters. The average Bonchev–Trinajstić information content (AvgIpc) is 2.40. The van der Waals surface area contributed by atoms with Crippen LogP contribution in [0.15, 0.2) is 22.7 Å². The van der Waals surface area contributed by atoms with Gasteiger partial charge in [-0.15, -0.1) is 0 Å². The number of nitrogens with two attached hydrogens (primary N) is 1. The maximum absolute atomic E-state index is 5.61. The number of nitrogens with zero attached hydrogens (tertiary/aromatic N) is 1. The van der Waals surface area contributed by atoms with Crippen LogP contribution in [0.25, 0.3) is 0 Å². The van der Waals surface area contributed by atoms with Crippen molar-refractivity contribution in [3.8, 4) is 0 Å². The fourth-order valence-corrected chi connectivity index (χ4v) is 3.77. The van der Waals surface area contributed by atoms with E-state index in [-0.39, 0.29) is 0 Å². The SMILES string of the molecule is CN(CC1CCCCC1)c1ccc(CCN)cc1Br. The molecule has 0 bridgehead atoms. The molecule has 0 amide bonds. The molecule has 1 saturated carbocycles. The van der Waals surface area contributed by atoms with Crippen LogP contribution in [-0.4, -0.2) is 20.1 Å². The summed E-state index contributed by atoms with van der Waals surface area (Å²) in [5.41, 5.74) is 8.21. The molecule has 0 saturated heterocycles. The van der Waals surface area contributed by atoms with E-state index in [2.05, 4.69) is 46.1 Å². The summed E-state index contributed by atoms with van der Waals surface area (Å²) in [4.78, 5) is 2.40. The molecular formula is C16H25BrN2. The molecule has 0 aliphatic heterocycles. The monoisotopic (exact) mass is 324 g/mol. The van der Waals surface area contributed by atoms with Crippen LogP contribution in [0, 0.1) is 5.92 Å². The molecule has 106 valence electrons. The third-order valence-electron chi connectivity index (χ3n) is 4.11. The second-order valence-corrected chi connectivity index (χ2v) is 6.56. The summed E-state index contributed by atoms with van der Waals surface area (Å²) in [7, 11) is 2.21. The highest BCUT2D eigenvalue weighted by Gasteiger charge is 2.16. The Morgan fingerprint density at radius 1 is 1.26 bits per heavy atom. The van der Waals surface area contributed by atoms with Gasteiger partial charge in [-0.05, 0) is 65.4 Å². The van der Waals surface area contributed by atoms with Gasteiger partial charge in [-0.3, -0.25) is 0 Å². The lowest BCUT2D eigenvalue weighted by Crippen LogP contribution is -2.27. The second-order valence-electron chi connectivity index (χ2n) is 5.71. The van der Waals surface area contributed by atoms with E-state index < -0.39 is 0 Å². The highest BCUT2D eigenvalue weighted by atomic mass is 79.9. The van der Waals surface area contributed by atoms with E-state index >= 15 is 0 Å². The van der Waals surface area contributed by atoms with E-state index in [0.29, 0.717) is 6.54 Å². The molecule has 0 atom stereocenters. The van der Waals surface area contributed by atoms with E-state index in [1.807, 2.05) is 0 Å². The lowest BCUT2D eigenvalue weighted by atomic mass is 9.89. The van der Waals surface area contributed by atoms with Crippen molar-refractivity contribution in [2.75, 3.05) is 25.0 Å². The third-order valence-corrected chi connectivity index (χ3v) is 4.75. The number of rotatable bonds is 5. The van der Waals surface area contributed by atoms with Crippen LogP contribution in [-0.2, 0) is 6.42 Å². The van der Waals surface area contributed by atoms with Crippen molar-refractivity contribution in [2.45, 2.75) is 38.5 Å². The van der Waals surface area contributed by atoms with Crippen molar-refractivity contribution in [3.63, 3.8) is 0 Å². The van der Waals surface area contributed by atoms with Gasteiger partial charge in [0.05, 0.1) is 5.69 Å². The Morgan fingerprint density at radius 3 is 2.63 bits per heavy atom. The quantitative estimate of drug-likeness (QED) is 0.888. The van der Waals surface area contributed by atoms with Crippen LogP contribution in [0.2, 0.25) is 0 Å².